The molecule has 2 N–H and O–H groups in total. The Kier molecular flexibility index (Phi) is 6.94. The molecule has 146 valence electrons. The maximum Gasteiger partial charge on any atom is 0.242 e. The van der Waals surface area contributed by atoms with E-state index in [4.69, 9.17) is 32.7 Å². The Hall–Kier alpha value is -2.00. The standard InChI is InChI=1S/C17H18Cl2N2O5S/c1-10(17(22)20-14-8-11(18)4-6-13(14)19)21-27(23,24)12-5-7-15(25-2)16(9-12)26-3/h4-10,21H,1-3H3,(H,20,22)/t10-/m1/s1. The molecule has 0 bridgehead atoms. The van der Waals surface area contributed by atoms with Gasteiger partial charge < -0.3 is 14.8 Å². The van der Waals surface area contributed by atoms with Gasteiger partial charge in [-0.1, -0.05) is 23.2 Å². The van der Waals surface area contributed by atoms with Gasteiger partial charge in [0.15, 0.2) is 11.5 Å². The van der Waals surface area contributed by atoms with Crippen molar-refractivity contribution in [3.05, 3.63) is 46.4 Å². The van der Waals surface area contributed by atoms with Crippen LogP contribution in [-0.2, 0) is 14.8 Å². The minimum atomic E-state index is -3.98. The number of halogens is 2. The van der Waals surface area contributed by atoms with E-state index in [-0.39, 0.29) is 21.4 Å². The van der Waals surface area contributed by atoms with Crippen molar-refractivity contribution < 1.29 is 22.7 Å². The van der Waals surface area contributed by atoms with E-state index in [2.05, 4.69) is 10.0 Å². The molecule has 0 aromatic heterocycles. The molecule has 0 aliphatic heterocycles. The van der Waals surface area contributed by atoms with E-state index in [1.807, 2.05) is 0 Å². The summed E-state index contributed by atoms with van der Waals surface area (Å²) in [6, 6.07) is 7.61. The van der Waals surface area contributed by atoms with Crippen molar-refractivity contribution in [3.63, 3.8) is 0 Å². The van der Waals surface area contributed by atoms with E-state index in [1.54, 1.807) is 6.07 Å². The second-order valence-electron chi connectivity index (χ2n) is 5.47. The summed E-state index contributed by atoms with van der Waals surface area (Å²) in [4.78, 5) is 12.3. The van der Waals surface area contributed by atoms with Crippen LogP contribution in [0.3, 0.4) is 0 Å². The van der Waals surface area contributed by atoms with Crippen molar-refractivity contribution in [1.82, 2.24) is 4.72 Å². The molecule has 0 aliphatic rings. The van der Waals surface area contributed by atoms with Crippen LogP contribution in [0.5, 0.6) is 11.5 Å². The Balaban J connectivity index is 2.17. The lowest BCUT2D eigenvalue weighted by atomic mass is 10.3. The number of hydrogen-bond donors (Lipinski definition) is 2. The molecule has 7 nitrogen and oxygen atoms in total. The molecule has 1 amide bonds. The highest BCUT2D eigenvalue weighted by molar-refractivity contribution is 7.89. The first-order valence-electron chi connectivity index (χ1n) is 7.68. The summed E-state index contributed by atoms with van der Waals surface area (Å²) in [5.74, 6) is 0.0456. The topological polar surface area (TPSA) is 93.7 Å². The first kappa shape index (κ1) is 21.3. The Labute approximate surface area is 167 Å². The van der Waals surface area contributed by atoms with Gasteiger partial charge in [-0.15, -0.1) is 0 Å². The maximum absolute atomic E-state index is 12.6. The number of rotatable bonds is 7. The molecule has 0 saturated heterocycles. The highest BCUT2D eigenvalue weighted by Gasteiger charge is 2.24. The van der Waals surface area contributed by atoms with Crippen LogP contribution < -0.4 is 19.5 Å². The van der Waals surface area contributed by atoms with Crippen LogP contribution in [0, 0.1) is 0 Å². The molecule has 2 aromatic carbocycles. The summed E-state index contributed by atoms with van der Waals surface area (Å²) in [7, 11) is -1.14. The van der Waals surface area contributed by atoms with Crippen LogP contribution in [0.1, 0.15) is 6.92 Å². The van der Waals surface area contributed by atoms with E-state index < -0.39 is 22.0 Å². The monoisotopic (exact) mass is 432 g/mol. The number of methoxy groups -OCH3 is 2. The second-order valence-corrected chi connectivity index (χ2v) is 8.03. The minimum Gasteiger partial charge on any atom is -0.493 e. The third kappa shape index (κ3) is 5.26. The smallest absolute Gasteiger partial charge is 0.242 e. The van der Waals surface area contributed by atoms with Gasteiger partial charge in [0.1, 0.15) is 0 Å². The summed E-state index contributed by atoms with van der Waals surface area (Å²) in [6.07, 6.45) is 0. The number of ether oxygens (including phenoxy) is 2. The van der Waals surface area contributed by atoms with Crippen molar-refractivity contribution in [3.8, 4) is 11.5 Å². The summed E-state index contributed by atoms with van der Waals surface area (Å²) in [6.45, 7) is 1.41. The van der Waals surface area contributed by atoms with Gasteiger partial charge in [-0.3, -0.25) is 4.79 Å². The molecule has 10 heteroatoms. The highest BCUT2D eigenvalue weighted by Crippen LogP contribution is 2.29. The fourth-order valence-corrected chi connectivity index (χ4v) is 3.73. The Morgan fingerprint density at radius 3 is 2.33 bits per heavy atom. The molecular weight excluding hydrogens is 415 g/mol. The second kappa shape index (κ2) is 8.79. The maximum atomic E-state index is 12.6. The summed E-state index contributed by atoms with van der Waals surface area (Å²) >= 11 is 11.9. The number of amides is 1. The number of nitrogens with one attached hydrogen (secondary N) is 2. The lowest BCUT2D eigenvalue weighted by Gasteiger charge is -2.16. The first-order chi connectivity index (χ1) is 12.7. The Bertz CT molecular complexity index is 950. The van der Waals surface area contributed by atoms with Crippen molar-refractivity contribution in [2.45, 2.75) is 17.9 Å². The number of hydrogen-bond acceptors (Lipinski definition) is 5. The molecule has 0 radical (unpaired) electrons. The normalized spacial score (nSPS) is 12.3. The molecule has 0 spiro atoms. The average molecular weight is 433 g/mol. The number of anilines is 1. The zero-order valence-corrected chi connectivity index (χ0v) is 17.1. The molecule has 1 atom stereocenters. The van der Waals surface area contributed by atoms with Gasteiger partial charge >= 0.3 is 0 Å². The Morgan fingerprint density at radius 1 is 1.04 bits per heavy atom. The number of benzene rings is 2. The molecule has 0 aliphatic carbocycles. The van der Waals surface area contributed by atoms with Crippen LogP contribution >= 0.6 is 23.2 Å². The predicted octanol–water partition coefficient (Wildman–Crippen LogP) is 3.32. The average Bonchev–Trinajstić information content (AvgIpc) is 2.63. The van der Waals surface area contributed by atoms with Crippen LogP contribution in [-0.4, -0.2) is 34.6 Å². The summed E-state index contributed by atoms with van der Waals surface area (Å²) in [5, 5.41) is 3.20. The molecule has 27 heavy (non-hydrogen) atoms. The van der Waals surface area contributed by atoms with Crippen molar-refractivity contribution in [1.29, 1.82) is 0 Å². The van der Waals surface area contributed by atoms with Crippen molar-refractivity contribution in [2.75, 3.05) is 19.5 Å². The highest BCUT2D eigenvalue weighted by atomic mass is 35.5. The lowest BCUT2D eigenvalue weighted by Crippen LogP contribution is -2.41. The van der Waals surface area contributed by atoms with Crippen molar-refractivity contribution in [2.24, 2.45) is 0 Å². The third-order valence-corrected chi connectivity index (χ3v) is 5.68. The van der Waals surface area contributed by atoms with E-state index >= 15 is 0 Å². The molecule has 0 saturated carbocycles. The number of carbonyl (C=O) groups excluding carboxylic acids is 1. The van der Waals surface area contributed by atoms with Gasteiger partial charge in [-0.2, -0.15) is 4.72 Å². The quantitative estimate of drug-likeness (QED) is 0.699. The minimum absolute atomic E-state index is 0.0689. The lowest BCUT2D eigenvalue weighted by molar-refractivity contribution is -0.117. The molecule has 2 aromatic rings. The fraction of sp³-hybridized carbons (Fsp3) is 0.235. The van der Waals surface area contributed by atoms with Gasteiger partial charge in [0, 0.05) is 11.1 Å². The van der Waals surface area contributed by atoms with Crippen molar-refractivity contribution >= 4 is 44.8 Å². The summed E-state index contributed by atoms with van der Waals surface area (Å²) < 4.78 is 37.6. The van der Waals surface area contributed by atoms with Gasteiger partial charge in [0.05, 0.1) is 35.9 Å². The first-order valence-corrected chi connectivity index (χ1v) is 9.92. The zero-order chi connectivity index (χ0) is 20.2. The largest absolute Gasteiger partial charge is 0.493 e. The molecule has 0 unspecified atom stereocenters. The van der Waals surface area contributed by atoms with Crippen LogP contribution in [0.2, 0.25) is 10.0 Å². The SMILES string of the molecule is COc1ccc(S(=O)(=O)N[C@H](C)C(=O)Nc2cc(Cl)ccc2Cl)cc1OC. The van der Waals surface area contributed by atoms with Gasteiger partial charge in [0.25, 0.3) is 0 Å². The predicted molar refractivity (Wildman–Crippen MR) is 104 cm³/mol. The van der Waals surface area contributed by atoms with Gasteiger partial charge in [-0.25, -0.2) is 8.42 Å². The number of sulfonamides is 1. The van der Waals surface area contributed by atoms with E-state index in [0.29, 0.717) is 10.8 Å². The van der Waals surface area contributed by atoms with E-state index in [9.17, 15) is 13.2 Å². The zero-order valence-electron chi connectivity index (χ0n) is 14.7. The molecule has 2 rings (SSSR count). The van der Waals surface area contributed by atoms with Gasteiger partial charge in [-0.05, 0) is 37.3 Å². The van der Waals surface area contributed by atoms with Gasteiger partial charge in [0.2, 0.25) is 15.9 Å². The summed E-state index contributed by atoms with van der Waals surface area (Å²) in [5.41, 5.74) is 0.284. The molecule has 0 fully saturated rings. The number of carbonyl (C=O) groups is 1. The van der Waals surface area contributed by atoms with E-state index in [1.165, 1.54) is 51.5 Å². The van der Waals surface area contributed by atoms with E-state index in [0.717, 1.165) is 0 Å². The molecule has 0 heterocycles. The Morgan fingerprint density at radius 2 is 1.70 bits per heavy atom. The van der Waals surface area contributed by atoms with Crippen LogP contribution in [0.25, 0.3) is 0 Å². The third-order valence-electron chi connectivity index (χ3n) is 3.58. The van der Waals surface area contributed by atoms with Crippen LogP contribution in [0.4, 0.5) is 5.69 Å². The molecular formula is C17H18Cl2N2O5S. The fourth-order valence-electron chi connectivity index (χ4n) is 2.17. The van der Waals surface area contributed by atoms with Crippen LogP contribution in [0.15, 0.2) is 41.3 Å².